The molecule has 0 aliphatic carbocycles. The second-order valence-corrected chi connectivity index (χ2v) is 3.98. The van der Waals surface area contributed by atoms with E-state index < -0.39 is 0 Å². The molecule has 4 N–H and O–H groups in total. The van der Waals surface area contributed by atoms with E-state index in [1.807, 2.05) is 0 Å². The van der Waals surface area contributed by atoms with Gasteiger partial charge in [0.15, 0.2) is 0 Å². The van der Waals surface area contributed by atoms with Crippen molar-refractivity contribution in [2.24, 2.45) is 16.8 Å². The molecule has 0 bridgehead atoms. The Morgan fingerprint density at radius 3 is 2.93 bits per heavy atom. The van der Waals surface area contributed by atoms with Crippen molar-refractivity contribution in [3.63, 3.8) is 0 Å². The predicted molar refractivity (Wildman–Crippen MR) is 54.3 cm³/mol. The lowest BCUT2D eigenvalue weighted by atomic mass is 10.1. The smallest absolute Gasteiger partial charge is 0.140 e. The standard InChI is InChI=1S/C9H19N3O2/c1-7(4-9(10)11-14)12-3-2-8(5-12)6-13/h7-8,13-14H,2-6H2,1H3,(H2,10,11). The SMILES string of the molecule is CC(CC(N)=NO)N1CCC(CO)C1. The van der Waals surface area contributed by atoms with E-state index in [1.54, 1.807) is 0 Å². The van der Waals surface area contributed by atoms with Crippen molar-refractivity contribution in [2.75, 3.05) is 19.7 Å². The number of nitrogens with zero attached hydrogens (tertiary/aromatic N) is 2. The van der Waals surface area contributed by atoms with Gasteiger partial charge in [-0.3, -0.25) is 4.90 Å². The zero-order chi connectivity index (χ0) is 10.6. The molecule has 0 spiro atoms. The van der Waals surface area contributed by atoms with Gasteiger partial charge in [-0.1, -0.05) is 5.16 Å². The van der Waals surface area contributed by atoms with Crippen LogP contribution in [0, 0.1) is 5.92 Å². The molecular weight excluding hydrogens is 182 g/mol. The Labute approximate surface area is 84.2 Å². The molecule has 1 heterocycles. The average Bonchev–Trinajstić information content (AvgIpc) is 2.65. The maximum Gasteiger partial charge on any atom is 0.140 e. The Morgan fingerprint density at radius 1 is 1.71 bits per heavy atom. The molecule has 1 aliphatic heterocycles. The lowest BCUT2D eigenvalue weighted by Crippen LogP contribution is -2.34. The van der Waals surface area contributed by atoms with Gasteiger partial charge < -0.3 is 16.0 Å². The Morgan fingerprint density at radius 2 is 2.43 bits per heavy atom. The molecule has 0 radical (unpaired) electrons. The molecule has 5 heteroatoms. The fraction of sp³-hybridized carbons (Fsp3) is 0.889. The molecule has 0 aromatic carbocycles. The van der Waals surface area contributed by atoms with E-state index in [1.165, 1.54) is 0 Å². The number of hydrogen-bond donors (Lipinski definition) is 3. The summed E-state index contributed by atoms with van der Waals surface area (Å²) < 4.78 is 0. The number of oxime groups is 1. The number of amidine groups is 1. The van der Waals surface area contributed by atoms with Crippen molar-refractivity contribution in [1.29, 1.82) is 0 Å². The predicted octanol–water partition coefficient (Wildman–Crippen LogP) is -0.174. The van der Waals surface area contributed by atoms with Crippen molar-refractivity contribution in [3.05, 3.63) is 0 Å². The van der Waals surface area contributed by atoms with Crippen LogP contribution >= 0.6 is 0 Å². The summed E-state index contributed by atoms with van der Waals surface area (Å²) in [6.07, 6.45) is 1.62. The number of nitrogens with two attached hydrogens (primary N) is 1. The summed E-state index contributed by atoms with van der Waals surface area (Å²) in [5.74, 6) is 0.662. The molecule has 14 heavy (non-hydrogen) atoms. The van der Waals surface area contributed by atoms with Gasteiger partial charge in [-0.15, -0.1) is 0 Å². The number of aliphatic hydroxyl groups is 1. The molecular formula is C9H19N3O2. The first-order valence-corrected chi connectivity index (χ1v) is 4.98. The second kappa shape index (κ2) is 5.17. The van der Waals surface area contributed by atoms with Crippen LogP contribution in [-0.2, 0) is 0 Å². The van der Waals surface area contributed by atoms with Crippen LogP contribution in [0.25, 0.3) is 0 Å². The number of likely N-dealkylation sites (tertiary alicyclic amines) is 1. The quantitative estimate of drug-likeness (QED) is 0.255. The highest BCUT2D eigenvalue weighted by atomic mass is 16.4. The van der Waals surface area contributed by atoms with Gasteiger partial charge in [0, 0.05) is 25.6 Å². The monoisotopic (exact) mass is 201 g/mol. The molecule has 0 aromatic rings. The normalized spacial score (nSPS) is 26.7. The topological polar surface area (TPSA) is 82.1 Å². The Balaban J connectivity index is 2.35. The minimum absolute atomic E-state index is 0.257. The van der Waals surface area contributed by atoms with E-state index in [4.69, 9.17) is 16.0 Å². The molecule has 0 aromatic heterocycles. The van der Waals surface area contributed by atoms with Gasteiger partial charge in [0.1, 0.15) is 5.84 Å². The first kappa shape index (κ1) is 11.3. The summed E-state index contributed by atoms with van der Waals surface area (Å²) in [4.78, 5) is 2.26. The molecule has 0 saturated carbocycles. The maximum absolute atomic E-state index is 8.98. The summed E-state index contributed by atoms with van der Waals surface area (Å²) >= 11 is 0. The summed E-state index contributed by atoms with van der Waals surface area (Å²) in [5.41, 5.74) is 5.43. The van der Waals surface area contributed by atoms with Crippen LogP contribution in [0.1, 0.15) is 19.8 Å². The fourth-order valence-electron chi connectivity index (χ4n) is 1.88. The lowest BCUT2D eigenvalue weighted by Gasteiger charge is -2.23. The highest BCUT2D eigenvalue weighted by Gasteiger charge is 2.25. The molecule has 2 atom stereocenters. The zero-order valence-corrected chi connectivity index (χ0v) is 8.56. The highest BCUT2D eigenvalue weighted by Crippen LogP contribution is 2.19. The summed E-state index contributed by atoms with van der Waals surface area (Å²) in [7, 11) is 0. The van der Waals surface area contributed by atoms with Crippen LogP contribution in [0.15, 0.2) is 5.16 Å². The molecule has 1 fully saturated rings. The third kappa shape index (κ3) is 2.85. The van der Waals surface area contributed by atoms with Gasteiger partial charge in [-0.2, -0.15) is 0 Å². The Kier molecular flexibility index (Phi) is 4.16. The van der Waals surface area contributed by atoms with Gasteiger partial charge in [-0.05, 0) is 25.8 Å². The van der Waals surface area contributed by atoms with Gasteiger partial charge in [-0.25, -0.2) is 0 Å². The number of rotatable bonds is 4. The van der Waals surface area contributed by atoms with Crippen molar-refractivity contribution in [1.82, 2.24) is 4.90 Å². The Bertz CT molecular complexity index is 208. The van der Waals surface area contributed by atoms with E-state index >= 15 is 0 Å². The third-order valence-electron chi connectivity index (χ3n) is 2.83. The van der Waals surface area contributed by atoms with Crippen LogP contribution in [-0.4, -0.2) is 46.8 Å². The molecule has 1 saturated heterocycles. The van der Waals surface area contributed by atoms with E-state index in [2.05, 4.69) is 17.0 Å². The van der Waals surface area contributed by atoms with Crippen molar-refractivity contribution < 1.29 is 10.3 Å². The zero-order valence-electron chi connectivity index (χ0n) is 8.56. The van der Waals surface area contributed by atoms with Gasteiger partial charge in [0.25, 0.3) is 0 Å². The molecule has 1 aliphatic rings. The highest BCUT2D eigenvalue weighted by molar-refractivity contribution is 5.80. The largest absolute Gasteiger partial charge is 0.409 e. The number of aliphatic hydroxyl groups excluding tert-OH is 1. The molecule has 0 amide bonds. The van der Waals surface area contributed by atoms with Gasteiger partial charge in [0.05, 0.1) is 0 Å². The van der Waals surface area contributed by atoms with Crippen LogP contribution in [0.3, 0.4) is 0 Å². The van der Waals surface area contributed by atoms with Gasteiger partial charge >= 0.3 is 0 Å². The maximum atomic E-state index is 8.98. The third-order valence-corrected chi connectivity index (χ3v) is 2.83. The van der Waals surface area contributed by atoms with E-state index in [0.29, 0.717) is 12.3 Å². The summed E-state index contributed by atoms with van der Waals surface area (Å²) in [6.45, 7) is 4.21. The van der Waals surface area contributed by atoms with E-state index in [0.717, 1.165) is 19.5 Å². The van der Waals surface area contributed by atoms with E-state index in [-0.39, 0.29) is 18.5 Å². The molecule has 2 unspecified atom stereocenters. The van der Waals surface area contributed by atoms with Crippen LogP contribution in [0.2, 0.25) is 0 Å². The molecule has 1 rings (SSSR count). The molecule has 5 nitrogen and oxygen atoms in total. The van der Waals surface area contributed by atoms with Crippen molar-refractivity contribution >= 4 is 5.84 Å². The minimum Gasteiger partial charge on any atom is -0.409 e. The van der Waals surface area contributed by atoms with Crippen molar-refractivity contribution in [2.45, 2.75) is 25.8 Å². The molecule has 82 valence electrons. The first-order chi connectivity index (χ1) is 6.67. The lowest BCUT2D eigenvalue weighted by molar-refractivity contribution is 0.205. The minimum atomic E-state index is 0.257. The second-order valence-electron chi connectivity index (χ2n) is 3.98. The van der Waals surface area contributed by atoms with Gasteiger partial charge in [0.2, 0.25) is 0 Å². The van der Waals surface area contributed by atoms with Crippen LogP contribution < -0.4 is 5.73 Å². The van der Waals surface area contributed by atoms with E-state index in [9.17, 15) is 0 Å². The summed E-state index contributed by atoms with van der Waals surface area (Å²) in [6, 6.07) is 0.280. The fourth-order valence-corrected chi connectivity index (χ4v) is 1.88. The van der Waals surface area contributed by atoms with Crippen LogP contribution in [0.5, 0.6) is 0 Å². The number of hydrogen-bond acceptors (Lipinski definition) is 4. The summed E-state index contributed by atoms with van der Waals surface area (Å²) in [5, 5.41) is 20.4. The van der Waals surface area contributed by atoms with Crippen LogP contribution in [0.4, 0.5) is 0 Å². The first-order valence-electron chi connectivity index (χ1n) is 4.98. The average molecular weight is 201 g/mol. The van der Waals surface area contributed by atoms with Crippen molar-refractivity contribution in [3.8, 4) is 0 Å². The Hall–Kier alpha value is -0.810.